The van der Waals surface area contributed by atoms with Gasteiger partial charge in [0.15, 0.2) is 0 Å². The van der Waals surface area contributed by atoms with E-state index in [9.17, 15) is 4.39 Å². The fourth-order valence-corrected chi connectivity index (χ4v) is 8.84. The molecule has 0 aliphatic heterocycles. The summed E-state index contributed by atoms with van der Waals surface area (Å²) in [6, 6.07) is 16.0. The second kappa shape index (κ2) is 17.0. The molecule has 43 heavy (non-hydrogen) atoms. The number of rotatable bonds is 14. The Kier molecular flexibility index (Phi) is 12.8. The SMILES string of the molecule is CCCCCCCC1CCC(c2ccc(C3=CCC(C4CCC(c5ccc(CCCCC)c(F)c5)CC4)CC3)cc2)CC1. The minimum atomic E-state index is 0.0320. The highest BCUT2D eigenvalue weighted by Crippen LogP contribution is 2.44. The van der Waals surface area contributed by atoms with Crippen LogP contribution >= 0.6 is 0 Å². The van der Waals surface area contributed by atoms with Crippen molar-refractivity contribution in [2.24, 2.45) is 17.8 Å². The van der Waals surface area contributed by atoms with Crippen LogP contribution in [0.4, 0.5) is 4.39 Å². The summed E-state index contributed by atoms with van der Waals surface area (Å²) in [5, 5.41) is 0. The Morgan fingerprint density at radius 3 is 1.95 bits per heavy atom. The lowest BCUT2D eigenvalue weighted by Gasteiger charge is -2.36. The molecular formula is C42H61F. The zero-order valence-electron chi connectivity index (χ0n) is 27.7. The highest BCUT2D eigenvalue weighted by atomic mass is 19.1. The second-order valence-corrected chi connectivity index (χ2v) is 14.7. The topological polar surface area (TPSA) is 0 Å². The van der Waals surface area contributed by atoms with Gasteiger partial charge in [0.2, 0.25) is 0 Å². The summed E-state index contributed by atoms with van der Waals surface area (Å²) in [6.07, 6.45) is 30.1. The summed E-state index contributed by atoms with van der Waals surface area (Å²) in [4.78, 5) is 0. The quantitative estimate of drug-likeness (QED) is 0.194. The molecule has 236 valence electrons. The van der Waals surface area contributed by atoms with Crippen LogP contribution < -0.4 is 0 Å². The molecule has 2 aromatic carbocycles. The Hall–Kier alpha value is -1.89. The standard InChI is InChI=1S/C42H61F/c1-3-5-7-8-10-11-32-13-15-33(16-14-32)34-17-19-35(20-18-34)36-21-23-37(24-22-36)38-25-27-39(28-26-38)41-30-29-40(42(43)31-41)12-9-6-4-2/h17-21,29-33,37-39H,3-16,22-28H2,1-2H3. The van der Waals surface area contributed by atoms with Crippen LogP contribution in [0.15, 0.2) is 48.5 Å². The Morgan fingerprint density at radius 1 is 0.628 bits per heavy atom. The molecule has 1 heteroatoms. The fraction of sp³-hybridized carbons (Fsp3) is 0.667. The van der Waals surface area contributed by atoms with E-state index in [0.29, 0.717) is 5.92 Å². The zero-order valence-corrected chi connectivity index (χ0v) is 27.7. The van der Waals surface area contributed by atoms with E-state index in [-0.39, 0.29) is 5.82 Å². The predicted molar refractivity (Wildman–Crippen MR) is 184 cm³/mol. The van der Waals surface area contributed by atoms with Crippen molar-refractivity contribution in [1.82, 2.24) is 0 Å². The van der Waals surface area contributed by atoms with Gasteiger partial charge >= 0.3 is 0 Å². The molecule has 2 aromatic rings. The molecule has 0 amide bonds. The van der Waals surface area contributed by atoms with Crippen LogP contribution in [0.5, 0.6) is 0 Å². The molecule has 0 aromatic heterocycles. The highest BCUT2D eigenvalue weighted by Gasteiger charge is 2.30. The van der Waals surface area contributed by atoms with Gasteiger partial charge in [-0.3, -0.25) is 0 Å². The van der Waals surface area contributed by atoms with Gasteiger partial charge in [-0.15, -0.1) is 0 Å². The molecular weight excluding hydrogens is 523 g/mol. The maximum absolute atomic E-state index is 14.8. The summed E-state index contributed by atoms with van der Waals surface area (Å²) in [6.45, 7) is 4.52. The summed E-state index contributed by atoms with van der Waals surface area (Å²) in [5.41, 5.74) is 6.79. The van der Waals surface area contributed by atoms with Crippen LogP contribution in [0.3, 0.4) is 0 Å². The maximum atomic E-state index is 14.8. The monoisotopic (exact) mass is 584 g/mol. The first kappa shape index (κ1) is 32.5. The van der Waals surface area contributed by atoms with Gasteiger partial charge in [0.05, 0.1) is 0 Å². The van der Waals surface area contributed by atoms with Crippen LogP contribution in [-0.4, -0.2) is 0 Å². The van der Waals surface area contributed by atoms with Gasteiger partial charge in [0.1, 0.15) is 5.82 Å². The summed E-state index contributed by atoms with van der Waals surface area (Å²) in [5.74, 6) is 4.04. The molecule has 1 atom stereocenters. The third kappa shape index (κ3) is 9.31. The first-order chi connectivity index (χ1) is 21.1. The largest absolute Gasteiger partial charge is 0.207 e. The van der Waals surface area contributed by atoms with Crippen LogP contribution in [-0.2, 0) is 6.42 Å². The normalized spacial score (nSPS) is 26.3. The maximum Gasteiger partial charge on any atom is 0.126 e. The van der Waals surface area contributed by atoms with Crippen molar-refractivity contribution in [3.63, 3.8) is 0 Å². The molecule has 3 aliphatic carbocycles. The predicted octanol–water partition coefficient (Wildman–Crippen LogP) is 13.4. The van der Waals surface area contributed by atoms with Gasteiger partial charge in [0, 0.05) is 0 Å². The Labute approximate surface area is 264 Å². The Balaban J connectivity index is 1.04. The molecule has 0 spiro atoms. The van der Waals surface area contributed by atoms with Gasteiger partial charge in [-0.05, 0) is 147 Å². The van der Waals surface area contributed by atoms with E-state index in [4.69, 9.17) is 0 Å². The number of hydrogen-bond donors (Lipinski definition) is 0. The summed E-state index contributed by atoms with van der Waals surface area (Å²) >= 11 is 0. The number of allylic oxidation sites excluding steroid dienone is 2. The lowest BCUT2D eigenvalue weighted by Crippen LogP contribution is -2.22. The van der Waals surface area contributed by atoms with E-state index in [0.717, 1.165) is 42.1 Å². The minimum absolute atomic E-state index is 0.0320. The van der Waals surface area contributed by atoms with Crippen molar-refractivity contribution in [3.05, 3.63) is 76.6 Å². The molecule has 3 aliphatic rings. The van der Waals surface area contributed by atoms with Gasteiger partial charge in [-0.1, -0.05) is 108 Å². The van der Waals surface area contributed by atoms with Gasteiger partial charge in [-0.2, -0.15) is 0 Å². The van der Waals surface area contributed by atoms with Crippen molar-refractivity contribution in [3.8, 4) is 0 Å². The molecule has 2 saturated carbocycles. The molecule has 1 unspecified atom stereocenters. The summed E-state index contributed by atoms with van der Waals surface area (Å²) in [7, 11) is 0. The molecule has 0 N–H and O–H groups in total. The number of unbranched alkanes of at least 4 members (excludes halogenated alkanes) is 6. The fourth-order valence-electron chi connectivity index (χ4n) is 8.84. The van der Waals surface area contributed by atoms with E-state index in [2.05, 4.69) is 56.3 Å². The lowest BCUT2D eigenvalue weighted by molar-refractivity contribution is 0.220. The first-order valence-electron chi connectivity index (χ1n) is 18.7. The van der Waals surface area contributed by atoms with E-state index < -0.39 is 0 Å². The van der Waals surface area contributed by atoms with Gasteiger partial charge < -0.3 is 0 Å². The zero-order chi connectivity index (χ0) is 29.9. The molecule has 0 nitrogen and oxygen atoms in total. The molecule has 0 radical (unpaired) electrons. The van der Waals surface area contributed by atoms with Crippen molar-refractivity contribution in [1.29, 1.82) is 0 Å². The summed E-state index contributed by atoms with van der Waals surface area (Å²) < 4.78 is 14.8. The lowest BCUT2D eigenvalue weighted by atomic mass is 9.70. The van der Waals surface area contributed by atoms with Gasteiger partial charge in [-0.25, -0.2) is 4.39 Å². The number of hydrogen-bond acceptors (Lipinski definition) is 0. The van der Waals surface area contributed by atoms with Crippen molar-refractivity contribution in [2.45, 2.75) is 161 Å². The van der Waals surface area contributed by atoms with Crippen molar-refractivity contribution < 1.29 is 4.39 Å². The van der Waals surface area contributed by atoms with E-state index in [1.165, 1.54) is 133 Å². The average molecular weight is 585 g/mol. The molecule has 2 fully saturated rings. The van der Waals surface area contributed by atoms with Gasteiger partial charge in [0.25, 0.3) is 0 Å². The number of aryl methyl sites for hydroxylation is 1. The third-order valence-electron chi connectivity index (χ3n) is 11.8. The molecule has 5 rings (SSSR count). The average Bonchev–Trinajstić information content (AvgIpc) is 3.06. The number of benzene rings is 2. The van der Waals surface area contributed by atoms with Crippen LogP contribution in [0.1, 0.15) is 176 Å². The third-order valence-corrected chi connectivity index (χ3v) is 11.8. The Bertz CT molecular complexity index is 1110. The highest BCUT2D eigenvalue weighted by molar-refractivity contribution is 5.66. The molecule has 0 bridgehead atoms. The van der Waals surface area contributed by atoms with E-state index >= 15 is 0 Å². The van der Waals surface area contributed by atoms with Crippen LogP contribution in [0.25, 0.3) is 5.57 Å². The minimum Gasteiger partial charge on any atom is -0.207 e. The van der Waals surface area contributed by atoms with E-state index in [1.807, 2.05) is 6.07 Å². The first-order valence-corrected chi connectivity index (χ1v) is 18.7. The Morgan fingerprint density at radius 2 is 1.28 bits per heavy atom. The second-order valence-electron chi connectivity index (χ2n) is 14.7. The smallest absolute Gasteiger partial charge is 0.126 e. The molecule has 0 saturated heterocycles. The van der Waals surface area contributed by atoms with Crippen LogP contribution in [0, 0.1) is 23.6 Å². The molecule has 0 heterocycles. The van der Waals surface area contributed by atoms with Crippen LogP contribution in [0.2, 0.25) is 0 Å². The number of halogens is 1. The van der Waals surface area contributed by atoms with E-state index in [1.54, 1.807) is 11.1 Å². The van der Waals surface area contributed by atoms with Crippen molar-refractivity contribution in [2.75, 3.05) is 0 Å². The van der Waals surface area contributed by atoms with Crippen molar-refractivity contribution >= 4 is 5.57 Å².